The highest BCUT2D eigenvalue weighted by Crippen LogP contribution is 2.06. The lowest BCUT2D eigenvalue weighted by Gasteiger charge is -2.06. The maximum Gasteiger partial charge on any atom is 0.216 e. The van der Waals surface area contributed by atoms with Crippen molar-refractivity contribution < 1.29 is 27.2 Å². The fraction of sp³-hybridized carbons (Fsp3) is 0.364. The fourth-order valence-electron chi connectivity index (χ4n) is 1.14. The van der Waals surface area contributed by atoms with Crippen LogP contribution >= 0.6 is 0 Å². The van der Waals surface area contributed by atoms with E-state index in [2.05, 4.69) is 0 Å². The molecule has 0 saturated carbocycles. The van der Waals surface area contributed by atoms with Gasteiger partial charge in [-0.05, 0) is 12.1 Å². The molecule has 4 nitrogen and oxygen atoms in total. The van der Waals surface area contributed by atoms with Gasteiger partial charge < -0.3 is 28.1 Å². The highest BCUT2D eigenvalue weighted by molar-refractivity contribution is 5.97. The number of nitrogens with one attached hydrogen (secondary N) is 1. The summed E-state index contributed by atoms with van der Waals surface area (Å²) in [5.41, 5.74) is 6.90. The number of rotatable bonds is 3. The molecule has 92 valence electrons. The number of Topliss-reactive ketones (excluding diaryl/α,β-unsaturated/α-hetero) is 1. The van der Waals surface area contributed by atoms with Crippen LogP contribution in [0.3, 0.4) is 0 Å². The second-order valence-corrected chi connectivity index (χ2v) is 3.43. The number of hydrogen-bond acceptors (Lipinski definition) is 3. The van der Waals surface area contributed by atoms with Crippen molar-refractivity contribution >= 4 is 11.5 Å². The maximum absolute atomic E-state index is 11.5. The summed E-state index contributed by atoms with van der Waals surface area (Å²) in [6.45, 7) is 0.503. The molecule has 0 bridgehead atoms. The molecule has 1 rings (SSSR count). The van der Waals surface area contributed by atoms with E-state index in [0.717, 1.165) is 12.0 Å². The topological polar surface area (TPSA) is 70.6 Å². The molecule has 0 aromatic heterocycles. The molecule has 0 heterocycles. The average Bonchev–Trinajstić information content (AvgIpc) is 2.20. The zero-order chi connectivity index (χ0) is 11.8. The van der Waals surface area contributed by atoms with E-state index in [1.807, 2.05) is 14.1 Å². The molecular formula is C11H18ClN2O2-. The number of hydrogen-bond donors (Lipinski definition) is 2. The van der Waals surface area contributed by atoms with E-state index in [9.17, 15) is 4.79 Å². The first-order valence-electron chi connectivity index (χ1n) is 4.68. The Hall–Kier alpha value is -1.10. The summed E-state index contributed by atoms with van der Waals surface area (Å²) in [5, 5.41) is 8.25. The molecule has 0 saturated heterocycles. The van der Waals surface area contributed by atoms with Gasteiger partial charge in [-0.2, -0.15) is 7.11 Å². The molecule has 0 spiro atoms. The fourth-order valence-corrected chi connectivity index (χ4v) is 1.14. The molecule has 1 aromatic rings. The van der Waals surface area contributed by atoms with E-state index in [1.165, 1.54) is 0 Å². The van der Waals surface area contributed by atoms with Crippen molar-refractivity contribution in [1.29, 1.82) is 0 Å². The third-order valence-corrected chi connectivity index (χ3v) is 1.72. The van der Waals surface area contributed by atoms with Gasteiger partial charge in [0, 0.05) is 11.3 Å². The predicted molar refractivity (Wildman–Crippen MR) is 58.8 cm³/mol. The van der Waals surface area contributed by atoms with E-state index >= 15 is 0 Å². The number of nitrogen functional groups attached to an aromatic ring is 1. The second-order valence-electron chi connectivity index (χ2n) is 3.43. The number of ketones is 1. The summed E-state index contributed by atoms with van der Waals surface area (Å²) < 4.78 is 0. The van der Waals surface area contributed by atoms with E-state index < -0.39 is 0 Å². The van der Waals surface area contributed by atoms with Crippen LogP contribution < -0.4 is 28.1 Å². The molecule has 0 radical (unpaired) electrons. The van der Waals surface area contributed by atoms with Crippen LogP contribution in [0.15, 0.2) is 24.3 Å². The Morgan fingerprint density at radius 1 is 1.38 bits per heavy atom. The van der Waals surface area contributed by atoms with Crippen molar-refractivity contribution in [2.75, 3.05) is 33.5 Å². The minimum Gasteiger partial charge on any atom is -1.00 e. The molecule has 3 N–H and O–H groups in total. The summed E-state index contributed by atoms with van der Waals surface area (Å²) in [4.78, 5) is 12.6. The second kappa shape index (κ2) is 9.15. The molecule has 0 aliphatic carbocycles. The van der Waals surface area contributed by atoms with E-state index in [4.69, 9.17) is 10.8 Å². The van der Waals surface area contributed by atoms with E-state index in [-0.39, 0.29) is 18.2 Å². The van der Waals surface area contributed by atoms with Crippen LogP contribution in [0.25, 0.3) is 0 Å². The molecule has 5 heteroatoms. The van der Waals surface area contributed by atoms with Crippen LogP contribution in [0.5, 0.6) is 0 Å². The first-order valence-corrected chi connectivity index (χ1v) is 4.68. The lowest BCUT2D eigenvalue weighted by atomic mass is 10.1. The van der Waals surface area contributed by atoms with Gasteiger partial charge >= 0.3 is 0 Å². The molecular weight excluding hydrogens is 228 g/mol. The quantitative estimate of drug-likeness (QED) is 0.417. The monoisotopic (exact) mass is 245 g/mol. The first kappa shape index (κ1) is 17.3. The minimum atomic E-state index is 0. The minimum absolute atomic E-state index is 0. The van der Waals surface area contributed by atoms with Crippen LogP contribution in [0.1, 0.15) is 10.4 Å². The smallest absolute Gasteiger partial charge is 0.216 e. The van der Waals surface area contributed by atoms with Crippen LogP contribution in [-0.2, 0) is 0 Å². The Balaban J connectivity index is 0. The third kappa shape index (κ3) is 6.40. The standard InChI is InChI=1S/C10H14N2O.CH3O.ClH/c1-12(2)7-10(13)8-4-3-5-9(11)6-8;1-2;/h3-6H,7,11H2,1-2H3;1H3;1H/q;-1;. The van der Waals surface area contributed by atoms with Gasteiger partial charge in [0.25, 0.3) is 0 Å². The molecule has 0 fully saturated rings. The number of carbonyl (C=O) groups is 1. The molecule has 0 aliphatic rings. The Kier molecular flexibility index (Phi) is 9.89. The van der Waals surface area contributed by atoms with Gasteiger partial charge in [-0.3, -0.25) is 4.79 Å². The Labute approximate surface area is 102 Å². The summed E-state index contributed by atoms with van der Waals surface area (Å²) in [7, 11) is 4.65. The average molecular weight is 246 g/mol. The van der Waals surface area contributed by atoms with Crippen molar-refractivity contribution in [3.05, 3.63) is 29.8 Å². The van der Waals surface area contributed by atoms with Gasteiger partial charge in [-0.15, -0.1) is 0 Å². The van der Waals surface area contributed by atoms with Gasteiger partial charge in [0.15, 0.2) is 0 Å². The number of anilines is 1. The highest BCUT2D eigenvalue weighted by Gasteiger charge is 2.08. The first-order chi connectivity index (χ1) is 7.09. The lowest BCUT2D eigenvalue weighted by Crippen LogP contribution is -3.06. The highest BCUT2D eigenvalue weighted by atomic mass is 35.5. The molecule has 0 aliphatic heterocycles. The molecule has 16 heavy (non-hydrogen) atoms. The largest absolute Gasteiger partial charge is 1.00 e. The van der Waals surface area contributed by atoms with Crippen molar-refractivity contribution in [1.82, 2.24) is 0 Å². The van der Waals surface area contributed by atoms with E-state index in [1.54, 1.807) is 24.3 Å². The number of halogens is 1. The summed E-state index contributed by atoms with van der Waals surface area (Å²) in [6, 6.07) is 7.08. The molecule has 0 unspecified atom stereocenters. The number of quaternary nitrogens is 1. The number of nitrogens with two attached hydrogens (primary N) is 1. The number of benzene rings is 1. The maximum atomic E-state index is 11.5. The Morgan fingerprint density at radius 2 is 1.94 bits per heavy atom. The zero-order valence-corrected chi connectivity index (χ0v) is 10.5. The van der Waals surface area contributed by atoms with Crippen LogP contribution in [0.2, 0.25) is 0 Å². The Morgan fingerprint density at radius 3 is 2.38 bits per heavy atom. The lowest BCUT2D eigenvalue weighted by molar-refractivity contribution is -0.848. The van der Waals surface area contributed by atoms with Crippen LogP contribution in [0.4, 0.5) is 5.69 Å². The van der Waals surface area contributed by atoms with Crippen molar-refractivity contribution in [3.8, 4) is 0 Å². The van der Waals surface area contributed by atoms with Crippen molar-refractivity contribution in [3.63, 3.8) is 0 Å². The summed E-state index contributed by atoms with van der Waals surface area (Å²) in [5.74, 6) is 0.132. The number of likely N-dealkylation sites (N-methyl/N-ethyl adjacent to an activating group) is 1. The molecule has 0 atom stereocenters. The van der Waals surface area contributed by atoms with Crippen molar-refractivity contribution in [2.45, 2.75) is 0 Å². The van der Waals surface area contributed by atoms with Crippen LogP contribution in [-0.4, -0.2) is 33.5 Å². The SMILES string of the molecule is C[NH+](C)CC(=O)c1cccc(N)c1.C[O-].[Cl-]. The van der Waals surface area contributed by atoms with Crippen LogP contribution in [0, 0.1) is 0 Å². The molecule has 0 amide bonds. The Bertz CT molecular complexity index is 317. The van der Waals surface area contributed by atoms with E-state index in [0.29, 0.717) is 17.8 Å². The van der Waals surface area contributed by atoms with Gasteiger partial charge in [-0.1, -0.05) is 12.1 Å². The van der Waals surface area contributed by atoms with Gasteiger partial charge in [0.1, 0.15) is 6.54 Å². The predicted octanol–water partition coefficient (Wildman–Crippen LogP) is -4.42. The normalized spacial score (nSPS) is 8.81. The van der Waals surface area contributed by atoms with Gasteiger partial charge in [-0.25, -0.2) is 0 Å². The summed E-state index contributed by atoms with van der Waals surface area (Å²) >= 11 is 0. The summed E-state index contributed by atoms with van der Waals surface area (Å²) in [6.07, 6.45) is 0. The van der Waals surface area contributed by atoms with Crippen molar-refractivity contribution in [2.24, 2.45) is 0 Å². The van der Waals surface area contributed by atoms with Gasteiger partial charge in [0.05, 0.1) is 14.1 Å². The number of carbonyl (C=O) groups excluding carboxylic acids is 1. The zero-order valence-electron chi connectivity index (χ0n) is 9.79. The molecule has 1 aromatic carbocycles. The van der Waals surface area contributed by atoms with Gasteiger partial charge in [0.2, 0.25) is 5.78 Å². The third-order valence-electron chi connectivity index (χ3n) is 1.72.